The molecule has 2 nitrogen and oxygen atoms in total. The maximum Gasteiger partial charge on any atom is 0.0455 e. The van der Waals surface area contributed by atoms with Crippen LogP contribution >= 0.6 is 0 Å². The van der Waals surface area contributed by atoms with Crippen LogP contribution in [-0.2, 0) is 0 Å². The minimum Gasteiger partial charge on any atom is -0.382 e. The Bertz CT molecular complexity index is 529. The second-order valence-electron chi connectivity index (χ2n) is 5.93. The lowest BCUT2D eigenvalue weighted by Gasteiger charge is -2.33. The SMILES string of the molecule is CC1CCC(Nc2ccc3[nH]ccc3c2)C(C)C1. The summed E-state index contributed by atoms with van der Waals surface area (Å²) in [5.74, 6) is 1.67. The van der Waals surface area contributed by atoms with E-state index in [0.29, 0.717) is 6.04 Å². The number of anilines is 1. The maximum atomic E-state index is 3.72. The van der Waals surface area contributed by atoms with Gasteiger partial charge in [0.05, 0.1) is 0 Å². The number of aromatic amines is 1. The summed E-state index contributed by atoms with van der Waals surface area (Å²) < 4.78 is 0. The highest BCUT2D eigenvalue weighted by Gasteiger charge is 2.24. The van der Waals surface area contributed by atoms with E-state index in [9.17, 15) is 0 Å². The zero-order chi connectivity index (χ0) is 12.5. The summed E-state index contributed by atoms with van der Waals surface area (Å²) in [6.45, 7) is 4.75. The molecule has 1 aliphatic rings. The summed E-state index contributed by atoms with van der Waals surface area (Å²) in [4.78, 5) is 3.24. The van der Waals surface area contributed by atoms with Crippen molar-refractivity contribution in [3.63, 3.8) is 0 Å². The fraction of sp³-hybridized carbons (Fsp3) is 0.500. The van der Waals surface area contributed by atoms with Crippen molar-refractivity contribution in [2.75, 3.05) is 5.32 Å². The van der Waals surface area contributed by atoms with Crippen LogP contribution < -0.4 is 5.32 Å². The van der Waals surface area contributed by atoms with Gasteiger partial charge in [-0.15, -0.1) is 0 Å². The predicted octanol–water partition coefficient (Wildman–Crippen LogP) is 4.40. The Hall–Kier alpha value is -1.44. The number of hydrogen-bond donors (Lipinski definition) is 2. The van der Waals surface area contributed by atoms with Crippen LogP contribution in [0.25, 0.3) is 10.9 Å². The molecule has 1 fully saturated rings. The van der Waals surface area contributed by atoms with Crippen molar-refractivity contribution in [2.24, 2.45) is 11.8 Å². The van der Waals surface area contributed by atoms with Crippen molar-refractivity contribution in [3.8, 4) is 0 Å². The molecule has 3 unspecified atom stereocenters. The molecule has 1 heterocycles. The van der Waals surface area contributed by atoms with Crippen molar-refractivity contribution in [1.82, 2.24) is 4.98 Å². The monoisotopic (exact) mass is 242 g/mol. The topological polar surface area (TPSA) is 27.8 Å². The van der Waals surface area contributed by atoms with E-state index in [1.807, 2.05) is 6.20 Å². The highest BCUT2D eigenvalue weighted by Crippen LogP contribution is 2.31. The first-order valence-corrected chi connectivity index (χ1v) is 7.06. The summed E-state index contributed by atoms with van der Waals surface area (Å²) in [5.41, 5.74) is 2.47. The lowest BCUT2D eigenvalue weighted by atomic mass is 9.80. The molecular formula is C16H22N2. The van der Waals surface area contributed by atoms with Crippen molar-refractivity contribution in [2.45, 2.75) is 39.2 Å². The number of rotatable bonds is 2. The van der Waals surface area contributed by atoms with Gasteiger partial charge < -0.3 is 10.3 Å². The summed E-state index contributed by atoms with van der Waals surface area (Å²) in [5, 5.41) is 5.01. The van der Waals surface area contributed by atoms with Crippen molar-refractivity contribution in [1.29, 1.82) is 0 Å². The fourth-order valence-electron chi connectivity index (χ4n) is 3.24. The summed E-state index contributed by atoms with van der Waals surface area (Å²) >= 11 is 0. The third-order valence-corrected chi connectivity index (χ3v) is 4.34. The van der Waals surface area contributed by atoms with Crippen molar-refractivity contribution >= 4 is 16.6 Å². The number of fused-ring (bicyclic) bond motifs is 1. The van der Waals surface area contributed by atoms with Crippen molar-refractivity contribution in [3.05, 3.63) is 30.5 Å². The van der Waals surface area contributed by atoms with E-state index in [-0.39, 0.29) is 0 Å². The normalized spacial score (nSPS) is 28.4. The second kappa shape index (κ2) is 4.68. The Labute approximate surface area is 109 Å². The third kappa shape index (κ3) is 2.24. The molecule has 2 N–H and O–H groups in total. The van der Waals surface area contributed by atoms with Gasteiger partial charge in [0, 0.05) is 28.8 Å². The molecule has 2 heteroatoms. The van der Waals surface area contributed by atoms with Gasteiger partial charge in [0.25, 0.3) is 0 Å². The first-order chi connectivity index (χ1) is 8.72. The van der Waals surface area contributed by atoms with Crippen LogP contribution in [0, 0.1) is 11.8 Å². The Balaban J connectivity index is 1.75. The molecule has 0 amide bonds. The summed E-state index contributed by atoms with van der Waals surface area (Å²) in [6.07, 6.45) is 6.01. The molecule has 18 heavy (non-hydrogen) atoms. The summed E-state index contributed by atoms with van der Waals surface area (Å²) in [6, 6.07) is 9.36. The first-order valence-electron chi connectivity index (χ1n) is 7.06. The molecule has 2 aromatic rings. The molecule has 0 saturated heterocycles. The molecule has 96 valence electrons. The molecule has 0 bridgehead atoms. The van der Waals surface area contributed by atoms with Gasteiger partial charge in [-0.05, 0) is 55.4 Å². The van der Waals surface area contributed by atoms with Crippen molar-refractivity contribution < 1.29 is 0 Å². The average molecular weight is 242 g/mol. The highest BCUT2D eigenvalue weighted by molar-refractivity contribution is 5.83. The van der Waals surface area contributed by atoms with Gasteiger partial charge in [0.15, 0.2) is 0 Å². The fourth-order valence-corrected chi connectivity index (χ4v) is 3.24. The van der Waals surface area contributed by atoms with Gasteiger partial charge in [0.2, 0.25) is 0 Å². The number of nitrogens with one attached hydrogen (secondary N) is 2. The van der Waals surface area contributed by atoms with Gasteiger partial charge in [-0.25, -0.2) is 0 Å². The molecule has 1 aromatic heterocycles. The average Bonchev–Trinajstić information content (AvgIpc) is 2.80. The molecule has 1 saturated carbocycles. The van der Waals surface area contributed by atoms with Crippen LogP contribution in [-0.4, -0.2) is 11.0 Å². The number of H-pyrrole nitrogens is 1. The Morgan fingerprint density at radius 3 is 2.89 bits per heavy atom. The van der Waals surface area contributed by atoms with Crippen LogP contribution in [0.15, 0.2) is 30.5 Å². The van der Waals surface area contributed by atoms with Crippen LogP contribution in [0.4, 0.5) is 5.69 Å². The van der Waals surface area contributed by atoms with E-state index < -0.39 is 0 Å². The molecule has 1 aromatic carbocycles. The zero-order valence-corrected chi connectivity index (χ0v) is 11.2. The van der Waals surface area contributed by atoms with Gasteiger partial charge in [-0.1, -0.05) is 13.8 Å². The van der Waals surface area contributed by atoms with E-state index in [1.165, 1.54) is 35.9 Å². The molecule has 1 aliphatic carbocycles. The number of benzene rings is 1. The number of aromatic nitrogens is 1. The van der Waals surface area contributed by atoms with E-state index in [4.69, 9.17) is 0 Å². The Morgan fingerprint density at radius 1 is 1.17 bits per heavy atom. The van der Waals surface area contributed by atoms with E-state index in [2.05, 4.69) is 48.4 Å². The predicted molar refractivity (Wildman–Crippen MR) is 77.9 cm³/mol. The molecule has 0 radical (unpaired) electrons. The first kappa shape index (κ1) is 11.6. The molecule has 3 rings (SSSR count). The number of hydrogen-bond acceptors (Lipinski definition) is 1. The van der Waals surface area contributed by atoms with E-state index in [1.54, 1.807) is 0 Å². The molecule has 0 aliphatic heterocycles. The highest BCUT2D eigenvalue weighted by atomic mass is 14.9. The minimum atomic E-state index is 0.637. The standard InChI is InChI=1S/C16H22N2/c1-11-3-5-15(12(2)9-11)18-14-4-6-16-13(10-14)7-8-17-16/h4,6-8,10-12,15,17-18H,3,5,9H2,1-2H3. The van der Waals surface area contributed by atoms with E-state index >= 15 is 0 Å². The van der Waals surface area contributed by atoms with Crippen LogP contribution in [0.2, 0.25) is 0 Å². The van der Waals surface area contributed by atoms with Crippen LogP contribution in [0.5, 0.6) is 0 Å². The molecule has 3 atom stereocenters. The Morgan fingerprint density at radius 2 is 2.06 bits per heavy atom. The largest absolute Gasteiger partial charge is 0.382 e. The van der Waals surface area contributed by atoms with Crippen LogP contribution in [0.1, 0.15) is 33.1 Å². The second-order valence-corrected chi connectivity index (χ2v) is 5.93. The molecular weight excluding hydrogens is 220 g/mol. The lowest BCUT2D eigenvalue weighted by molar-refractivity contribution is 0.276. The quantitative estimate of drug-likeness (QED) is 0.802. The minimum absolute atomic E-state index is 0.637. The van der Waals surface area contributed by atoms with Crippen LogP contribution in [0.3, 0.4) is 0 Å². The third-order valence-electron chi connectivity index (χ3n) is 4.34. The van der Waals surface area contributed by atoms with Gasteiger partial charge >= 0.3 is 0 Å². The molecule has 0 spiro atoms. The van der Waals surface area contributed by atoms with Gasteiger partial charge in [0.1, 0.15) is 0 Å². The van der Waals surface area contributed by atoms with E-state index in [0.717, 1.165) is 11.8 Å². The zero-order valence-electron chi connectivity index (χ0n) is 11.2. The Kier molecular flexibility index (Phi) is 3.02. The maximum absolute atomic E-state index is 3.72. The summed E-state index contributed by atoms with van der Waals surface area (Å²) in [7, 11) is 0. The lowest BCUT2D eigenvalue weighted by Crippen LogP contribution is -2.32. The van der Waals surface area contributed by atoms with Gasteiger partial charge in [-0.3, -0.25) is 0 Å². The van der Waals surface area contributed by atoms with Gasteiger partial charge in [-0.2, -0.15) is 0 Å². The smallest absolute Gasteiger partial charge is 0.0455 e.